The summed E-state index contributed by atoms with van der Waals surface area (Å²) in [6.45, 7) is 0. The lowest BCUT2D eigenvalue weighted by molar-refractivity contribution is -0.113. The van der Waals surface area contributed by atoms with Crippen LogP contribution in [-0.2, 0) is 4.79 Å². The van der Waals surface area contributed by atoms with Crippen molar-refractivity contribution in [1.82, 2.24) is 0 Å². The summed E-state index contributed by atoms with van der Waals surface area (Å²) in [5.41, 5.74) is 4.08. The van der Waals surface area contributed by atoms with Crippen LogP contribution in [0.4, 0.5) is 17.1 Å². The SMILES string of the molecule is CN(C)c1ccc(/C=C2/SC(N(c3ccccc3)c3ccccc3)=NC2=O)c2ccccc12. The van der Waals surface area contributed by atoms with E-state index in [0.29, 0.717) is 10.1 Å². The van der Waals surface area contributed by atoms with Gasteiger partial charge in [-0.25, -0.2) is 0 Å². The van der Waals surface area contributed by atoms with Crippen LogP contribution in [-0.4, -0.2) is 25.2 Å². The Morgan fingerprint density at radius 1 is 0.727 bits per heavy atom. The van der Waals surface area contributed by atoms with Gasteiger partial charge in [0, 0.05) is 36.5 Å². The number of nitrogens with zero attached hydrogens (tertiary/aromatic N) is 3. The van der Waals surface area contributed by atoms with E-state index in [-0.39, 0.29) is 5.91 Å². The van der Waals surface area contributed by atoms with Gasteiger partial charge in [-0.2, -0.15) is 4.99 Å². The minimum Gasteiger partial charge on any atom is -0.377 e. The zero-order valence-electron chi connectivity index (χ0n) is 18.5. The van der Waals surface area contributed by atoms with Crippen LogP contribution < -0.4 is 9.80 Å². The molecule has 4 aromatic rings. The molecule has 4 aromatic carbocycles. The van der Waals surface area contributed by atoms with Crippen LogP contribution in [0.2, 0.25) is 0 Å². The highest BCUT2D eigenvalue weighted by Crippen LogP contribution is 2.38. The molecule has 5 rings (SSSR count). The van der Waals surface area contributed by atoms with Gasteiger partial charge in [-0.15, -0.1) is 0 Å². The Balaban J connectivity index is 1.54. The molecule has 1 aliphatic rings. The maximum absolute atomic E-state index is 13.0. The molecule has 0 radical (unpaired) electrons. The number of thioether (sulfide) groups is 1. The van der Waals surface area contributed by atoms with E-state index in [1.165, 1.54) is 11.8 Å². The number of para-hydroxylation sites is 2. The number of anilines is 3. The quantitative estimate of drug-likeness (QED) is 0.324. The van der Waals surface area contributed by atoms with Gasteiger partial charge in [0.25, 0.3) is 5.91 Å². The number of fused-ring (bicyclic) bond motifs is 1. The van der Waals surface area contributed by atoms with Gasteiger partial charge in [-0.05, 0) is 59.1 Å². The van der Waals surface area contributed by atoms with E-state index in [1.54, 1.807) is 0 Å². The molecular formula is C28H23N3OS. The van der Waals surface area contributed by atoms with Gasteiger partial charge < -0.3 is 4.90 Å². The standard InChI is InChI=1S/C28H23N3OS/c1-30(2)25-18-17-20(23-15-9-10-16-24(23)25)19-26-27(32)29-28(33-26)31(21-11-5-3-6-12-21)22-13-7-4-8-14-22/h3-19H,1-2H3/b26-19+. The summed E-state index contributed by atoms with van der Waals surface area (Å²) in [4.78, 5) is 22.1. The van der Waals surface area contributed by atoms with Gasteiger partial charge >= 0.3 is 0 Å². The van der Waals surface area contributed by atoms with Crippen LogP contribution in [0, 0.1) is 0 Å². The van der Waals surface area contributed by atoms with E-state index in [1.807, 2.05) is 97.9 Å². The molecule has 0 N–H and O–H groups in total. The summed E-state index contributed by atoms with van der Waals surface area (Å²) < 4.78 is 0. The number of aliphatic imine (C=N–C) groups is 1. The third-order valence-electron chi connectivity index (χ3n) is 5.53. The van der Waals surface area contributed by atoms with Crippen molar-refractivity contribution in [3.8, 4) is 0 Å². The predicted molar refractivity (Wildman–Crippen MR) is 141 cm³/mol. The summed E-state index contributed by atoms with van der Waals surface area (Å²) in [6, 6.07) is 32.5. The third kappa shape index (κ3) is 4.15. The fraction of sp³-hybridized carbons (Fsp3) is 0.0714. The van der Waals surface area contributed by atoms with E-state index in [0.717, 1.165) is 33.4 Å². The second-order valence-corrected chi connectivity index (χ2v) is 8.94. The van der Waals surface area contributed by atoms with Gasteiger partial charge in [-0.3, -0.25) is 9.69 Å². The second-order valence-electron chi connectivity index (χ2n) is 7.93. The van der Waals surface area contributed by atoms with Crippen LogP contribution in [0.3, 0.4) is 0 Å². The smallest absolute Gasteiger partial charge is 0.286 e. The molecule has 162 valence electrons. The molecule has 4 nitrogen and oxygen atoms in total. The molecule has 0 atom stereocenters. The fourth-order valence-corrected chi connectivity index (χ4v) is 4.93. The van der Waals surface area contributed by atoms with Gasteiger partial charge in [0.15, 0.2) is 5.17 Å². The number of benzene rings is 4. The third-order valence-corrected chi connectivity index (χ3v) is 6.50. The van der Waals surface area contributed by atoms with Gasteiger partial charge in [0.1, 0.15) is 0 Å². The maximum atomic E-state index is 13.0. The molecule has 0 bridgehead atoms. The van der Waals surface area contributed by atoms with E-state index in [9.17, 15) is 4.79 Å². The normalized spacial score (nSPS) is 14.5. The van der Waals surface area contributed by atoms with Gasteiger partial charge in [0.05, 0.1) is 4.91 Å². The van der Waals surface area contributed by atoms with Crippen molar-refractivity contribution in [3.05, 3.63) is 108 Å². The minimum absolute atomic E-state index is 0.215. The topological polar surface area (TPSA) is 35.9 Å². The molecule has 0 aromatic heterocycles. The number of carbonyl (C=O) groups is 1. The van der Waals surface area contributed by atoms with Crippen LogP contribution in [0.25, 0.3) is 16.8 Å². The molecule has 5 heteroatoms. The lowest BCUT2D eigenvalue weighted by atomic mass is 10.0. The van der Waals surface area contributed by atoms with Crippen molar-refractivity contribution in [2.45, 2.75) is 0 Å². The number of carbonyl (C=O) groups excluding carboxylic acids is 1. The Labute approximate surface area is 197 Å². The van der Waals surface area contributed by atoms with Crippen molar-refractivity contribution in [2.24, 2.45) is 4.99 Å². The van der Waals surface area contributed by atoms with E-state index in [4.69, 9.17) is 0 Å². The first-order valence-corrected chi connectivity index (χ1v) is 11.6. The second kappa shape index (κ2) is 8.96. The van der Waals surface area contributed by atoms with Crippen LogP contribution in [0.15, 0.2) is 107 Å². The Morgan fingerprint density at radius 3 is 1.91 bits per heavy atom. The monoisotopic (exact) mass is 449 g/mol. The van der Waals surface area contributed by atoms with Crippen molar-refractivity contribution >= 4 is 56.7 Å². The van der Waals surface area contributed by atoms with Gasteiger partial charge in [-0.1, -0.05) is 66.7 Å². The summed E-state index contributed by atoms with van der Waals surface area (Å²) in [5.74, 6) is -0.215. The minimum atomic E-state index is -0.215. The summed E-state index contributed by atoms with van der Waals surface area (Å²) in [6.07, 6.45) is 1.96. The lowest BCUT2D eigenvalue weighted by Crippen LogP contribution is -2.21. The fourth-order valence-electron chi connectivity index (χ4n) is 3.98. The highest BCUT2D eigenvalue weighted by molar-refractivity contribution is 8.18. The van der Waals surface area contributed by atoms with Crippen LogP contribution in [0.5, 0.6) is 0 Å². The molecular weight excluding hydrogens is 426 g/mol. The lowest BCUT2D eigenvalue weighted by Gasteiger charge is -2.23. The largest absolute Gasteiger partial charge is 0.377 e. The molecule has 1 aliphatic heterocycles. The highest BCUT2D eigenvalue weighted by Gasteiger charge is 2.28. The Kier molecular flexibility index (Phi) is 5.71. The van der Waals surface area contributed by atoms with E-state index >= 15 is 0 Å². The first kappa shape index (κ1) is 21.0. The van der Waals surface area contributed by atoms with Crippen molar-refractivity contribution in [1.29, 1.82) is 0 Å². The molecule has 0 unspecified atom stereocenters. The number of hydrogen-bond donors (Lipinski definition) is 0. The van der Waals surface area contributed by atoms with Crippen molar-refractivity contribution < 1.29 is 4.79 Å². The Morgan fingerprint density at radius 2 is 1.30 bits per heavy atom. The molecule has 0 spiro atoms. The average molecular weight is 450 g/mol. The van der Waals surface area contributed by atoms with E-state index in [2.05, 4.69) is 34.2 Å². The van der Waals surface area contributed by atoms with E-state index < -0.39 is 0 Å². The average Bonchev–Trinajstić information content (AvgIpc) is 3.20. The van der Waals surface area contributed by atoms with Gasteiger partial charge in [0.2, 0.25) is 0 Å². The Bertz CT molecular complexity index is 1340. The molecule has 1 amide bonds. The summed E-state index contributed by atoms with van der Waals surface area (Å²) >= 11 is 1.41. The molecule has 0 aliphatic carbocycles. The number of rotatable bonds is 4. The zero-order chi connectivity index (χ0) is 22.8. The number of amidine groups is 1. The predicted octanol–water partition coefficient (Wildman–Crippen LogP) is 6.71. The van der Waals surface area contributed by atoms with Crippen molar-refractivity contribution in [2.75, 3.05) is 23.9 Å². The van der Waals surface area contributed by atoms with Crippen molar-refractivity contribution in [3.63, 3.8) is 0 Å². The molecule has 0 saturated heterocycles. The van der Waals surface area contributed by atoms with Crippen LogP contribution in [0.1, 0.15) is 5.56 Å². The first-order chi connectivity index (χ1) is 16.1. The highest BCUT2D eigenvalue weighted by atomic mass is 32.2. The molecule has 0 saturated carbocycles. The molecule has 33 heavy (non-hydrogen) atoms. The number of hydrogen-bond acceptors (Lipinski definition) is 4. The molecule has 1 heterocycles. The summed E-state index contributed by atoms with van der Waals surface area (Å²) in [5, 5.41) is 2.92. The number of amides is 1. The van der Waals surface area contributed by atoms with Crippen LogP contribution >= 0.6 is 11.8 Å². The molecule has 0 fully saturated rings. The Hall–Kier alpha value is -3.83. The first-order valence-electron chi connectivity index (χ1n) is 10.7. The maximum Gasteiger partial charge on any atom is 0.286 e. The summed E-state index contributed by atoms with van der Waals surface area (Å²) in [7, 11) is 4.08. The zero-order valence-corrected chi connectivity index (χ0v) is 19.3.